The van der Waals surface area contributed by atoms with E-state index >= 15 is 0 Å². The number of rotatable bonds is 5. The van der Waals surface area contributed by atoms with Crippen LogP contribution in [0.5, 0.6) is 0 Å². The van der Waals surface area contributed by atoms with Crippen LogP contribution in [0.25, 0.3) is 0 Å². The molecule has 1 atom stereocenters. The van der Waals surface area contributed by atoms with Gasteiger partial charge in [-0.2, -0.15) is 0 Å². The average Bonchev–Trinajstić information content (AvgIpc) is 2.26. The van der Waals surface area contributed by atoms with Crippen LogP contribution in [0.4, 0.5) is 0 Å². The largest absolute Gasteiger partial charge is 0.349 e. The number of aryl methyl sites for hydroxylation is 1. The summed E-state index contributed by atoms with van der Waals surface area (Å²) in [5, 5.41) is 3.38. The van der Waals surface area contributed by atoms with Crippen LogP contribution in [0, 0.1) is 6.92 Å². The topological polar surface area (TPSA) is 42.0 Å². The number of hydrogen-bond acceptors (Lipinski definition) is 2. The minimum absolute atomic E-state index is 0.147. The van der Waals surface area contributed by atoms with Crippen molar-refractivity contribution in [2.75, 3.05) is 0 Å². The lowest BCUT2D eigenvalue weighted by Crippen LogP contribution is -2.32. The molecule has 1 aromatic rings. The molecule has 0 aliphatic heterocycles. The number of nitrogens with one attached hydrogen (secondary N) is 1. The first-order chi connectivity index (χ1) is 8.04. The summed E-state index contributed by atoms with van der Waals surface area (Å²) in [6.45, 7) is 5.98. The maximum atomic E-state index is 11.9. The quantitative estimate of drug-likeness (QED) is 0.876. The van der Waals surface area contributed by atoms with Gasteiger partial charge >= 0.3 is 0 Å². The molecule has 0 spiro atoms. The van der Waals surface area contributed by atoms with Gasteiger partial charge in [0.25, 0.3) is 5.91 Å². The standard InChI is InChI=1S/C13H19ClN2O/c1-4-5-6-9(2)16-13(17)11-8-15-10(3)7-12(11)14/h7-9H,4-6H2,1-3H3,(H,16,17). The zero-order valence-corrected chi connectivity index (χ0v) is 11.3. The highest BCUT2D eigenvalue weighted by Gasteiger charge is 2.13. The van der Waals surface area contributed by atoms with Gasteiger partial charge in [0.1, 0.15) is 0 Å². The number of pyridine rings is 1. The van der Waals surface area contributed by atoms with Gasteiger partial charge < -0.3 is 5.32 Å². The van der Waals surface area contributed by atoms with E-state index in [4.69, 9.17) is 11.6 Å². The Bertz CT molecular complexity index is 393. The van der Waals surface area contributed by atoms with E-state index in [2.05, 4.69) is 17.2 Å². The first-order valence-electron chi connectivity index (χ1n) is 5.97. The van der Waals surface area contributed by atoms with Crippen molar-refractivity contribution < 1.29 is 4.79 Å². The van der Waals surface area contributed by atoms with Crippen molar-refractivity contribution in [2.45, 2.75) is 46.1 Å². The van der Waals surface area contributed by atoms with Crippen molar-refractivity contribution in [3.8, 4) is 0 Å². The van der Waals surface area contributed by atoms with Gasteiger partial charge in [-0.15, -0.1) is 0 Å². The summed E-state index contributed by atoms with van der Waals surface area (Å²) in [6, 6.07) is 1.87. The smallest absolute Gasteiger partial charge is 0.254 e. The van der Waals surface area contributed by atoms with Crippen LogP contribution in [0.2, 0.25) is 5.02 Å². The highest BCUT2D eigenvalue weighted by atomic mass is 35.5. The second-order valence-corrected chi connectivity index (χ2v) is 4.73. The Morgan fingerprint density at radius 1 is 1.59 bits per heavy atom. The third-order valence-corrected chi connectivity index (χ3v) is 2.92. The van der Waals surface area contributed by atoms with E-state index in [1.165, 1.54) is 6.20 Å². The molecule has 0 fully saturated rings. The van der Waals surface area contributed by atoms with Crippen molar-refractivity contribution >= 4 is 17.5 Å². The number of carbonyl (C=O) groups excluding carboxylic acids is 1. The van der Waals surface area contributed by atoms with Gasteiger partial charge in [-0.1, -0.05) is 31.4 Å². The van der Waals surface area contributed by atoms with Crippen LogP contribution in [0.15, 0.2) is 12.3 Å². The second kappa shape index (κ2) is 6.60. The number of hydrogen-bond donors (Lipinski definition) is 1. The lowest BCUT2D eigenvalue weighted by Gasteiger charge is -2.13. The summed E-state index contributed by atoms with van der Waals surface area (Å²) in [6.07, 6.45) is 4.76. The molecule has 1 heterocycles. The van der Waals surface area contributed by atoms with Crippen LogP contribution in [-0.4, -0.2) is 16.9 Å². The Labute approximate surface area is 108 Å². The lowest BCUT2D eigenvalue weighted by atomic mass is 10.1. The maximum absolute atomic E-state index is 11.9. The highest BCUT2D eigenvalue weighted by Crippen LogP contribution is 2.15. The Kier molecular flexibility index (Phi) is 5.42. The maximum Gasteiger partial charge on any atom is 0.254 e. The molecule has 0 saturated carbocycles. The van der Waals surface area contributed by atoms with Crippen molar-refractivity contribution in [2.24, 2.45) is 0 Å². The van der Waals surface area contributed by atoms with Crippen molar-refractivity contribution in [3.05, 3.63) is 28.5 Å². The molecule has 0 saturated heterocycles. The molecule has 0 aliphatic rings. The van der Waals surface area contributed by atoms with E-state index in [9.17, 15) is 4.79 Å². The average molecular weight is 255 g/mol. The second-order valence-electron chi connectivity index (χ2n) is 4.32. The summed E-state index contributed by atoms with van der Waals surface area (Å²) in [4.78, 5) is 16.0. The molecule has 4 heteroatoms. The van der Waals surface area contributed by atoms with Gasteiger partial charge in [0.2, 0.25) is 0 Å². The van der Waals surface area contributed by atoms with Crippen LogP contribution in [0.3, 0.4) is 0 Å². The molecule has 17 heavy (non-hydrogen) atoms. The summed E-state index contributed by atoms with van der Waals surface area (Å²) in [5.41, 5.74) is 1.26. The van der Waals surface area contributed by atoms with E-state index in [1.807, 2.05) is 13.8 Å². The summed E-state index contributed by atoms with van der Waals surface area (Å²) < 4.78 is 0. The molecule has 0 aliphatic carbocycles. The number of aromatic nitrogens is 1. The normalized spacial score (nSPS) is 12.2. The Morgan fingerprint density at radius 2 is 2.29 bits per heavy atom. The van der Waals surface area contributed by atoms with E-state index in [1.54, 1.807) is 6.07 Å². The summed E-state index contributed by atoms with van der Waals surface area (Å²) >= 11 is 6.01. The lowest BCUT2D eigenvalue weighted by molar-refractivity contribution is 0.0938. The minimum atomic E-state index is -0.147. The molecule has 94 valence electrons. The third kappa shape index (κ3) is 4.35. The predicted octanol–water partition coefficient (Wildman–Crippen LogP) is 3.35. The summed E-state index contributed by atoms with van der Waals surface area (Å²) in [5.74, 6) is -0.147. The Balaban J connectivity index is 2.63. The van der Waals surface area contributed by atoms with Crippen molar-refractivity contribution in [3.63, 3.8) is 0 Å². The number of unbranched alkanes of at least 4 members (excludes halogenated alkanes) is 1. The molecular weight excluding hydrogens is 236 g/mol. The molecule has 3 nitrogen and oxygen atoms in total. The number of halogens is 1. The molecule has 0 radical (unpaired) electrons. The first kappa shape index (κ1) is 14.0. The van der Waals surface area contributed by atoms with E-state index in [0.717, 1.165) is 25.0 Å². The number of amides is 1. The van der Waals surface area contributed by atoms with Crippen LogP contribution < -0.4 is 5.32 Å². The fourth-order valence-electron chi connectivity index (χ4n) is 1.58. The van der Waals surface area contributed by atoms with Crippen molar-refractivity contribution in [1.82, 2.24) is 10.3 Å². The van der Waals surface area contributed by atoms with Gasteiger partial charge in [-0.05, 0) is 26.3 Å². The van der Waals surface area contributed by atoms with Gasteiger partial charge in [0.05, 0.1) is 10.6 Å². The zero-order valence-electron chi connectivity index (χ0n) is 10.6. The van der Waals surface area contributed by atoms with Crippen LogP contribution in [0.1, 0.15) is 49.2 Å². The van der Waals surface area contributed by atoms with Gasteiger partial charge in [0.15, 0.2) is 0 Å². The molecule has 1 unspecified atom stereocenters. The molecule has 1 N–H and O–H groups in total. The van der Waals surface area contributed by atoms with E-state index < -0.39 is 0 Å². The van der Waals surface area contributed by atoms with E-state index in [0.29, 0.717) is 10.6 Å². The minimum Gasteiger partial charge on any atom is -0.349 e. The molecule has 0 bridgehead atoms. The zero-order chi connectivity index (χ0) is 12.8. The predicted molar refractivity (Wildman–Crippen MR) is 70.4 cm³/mol. The fourth-order valence-corrected chi connectivity index (χ4v) is 1.87. The monoisotopic (exact) mass is 254 g/mol. The van der Waals surface area contributed by atoms with Crippen LogP contribution >= 0.6 is 11.6 Å². The molecular formula is C13H19ClN2O. The Hall–Kier alpha value is -1.09. The molecule has 1 aromatic heterocycles. The third-order valence-electron chi connectivity index (χ3n) is 2.60. The van der Waals surface area contributed by atoms with Crippen molar-refractivity contribution in [1.29, 1.82) is 0 Å². The fraction of sp³-hybridized carbons (Fsp3) is 0.538. The van der Waals surface area contributed by atoms with E-state index in [-0.39, 0.29) is 11.9 Å². The molecule has 1 amide bonds. The first-order valence-corrected chi connectivity index (χ1v) is 6.35. The molecule has 0 aromatic carbocycles. The SMILES string of the molecule is CCCCC(C)NC(=O)c1cnc(C)cc1Cl. The molecule has 1 rings (SSSR count). The van der Waals surface area contributed by atoms with Gasteiger partial charge in [-0.25, -0.2) is 0 Å². The number of carbonyl (C=O) groups is 1. The van der Waals surface area contributed by atoms with Gasteiger partial charge in [0, 0.05) is 17.9 Å². The number of nitrogens with zero attached hydrogens (tertiary/aromatic N) is 1. The highest BCUT2D eigenvalue weighted by molar-refractivity contribution is 6.33. The van der Waals surface area contributed by atoms with Gasteiger partial charge in [-0.3, -0.25) is 9.78 Å². The summed E-state index contributed by atoms with van der Waals surface area (Å²) in [7, 11) is 0. The Morgan fingerprint density at radius 3 is 2.88 bits per heavy atom. The van der Waals surface area contributed by atoms with Crippen LogP contribution in [-0.2, 0) is 0 Å².